The Morgan fingerprint density at radius 2 is 1.00 bits per heavy atom. The van der Waals surface area contributed by atoms with Crippen molar-refractivity contribution >= 4 is 0 Å². The van der Waals surface area contributed by atoms with Crippen molar-refractivity contribution in [3.05, 3.63) is 0 Å². The molecule has 0 saturated carbocycles. The summed E-state index contributed by atoms with van der Waals surface area (Å²) in [7, 11) is 0. The molecule has 0 aliphatic heterocycles. The van der Waals surface area contributed by atoms with Gasteiger partial charge < -0.3 is 0 Å². The molecule has 4 heteroatoms. The molecule has 0 nitrogen and oxygen atoms in total. The second kappa shape index (κ2) is 18.0. The van der Waals surface area contributed by atoms with Gasteiger partial charge >= 0.3 is 0 Å². The largest absolute Gasteiger partial charge is 0 e. The number of hydrogen-bond acceptors (Lipinski definition) is 0. The SMILES string of the molecule is [Cd].[Co].[Mn].[Ni]. The fraction of sp³-hybridized carbons (Fsp3) is 0. The van der Waals surface area contributed by atoms with E-state index in [1.165, 1.54) is 0 Å². The molecule has 0 heterocycles. The van der Waals surface area contributed by atoms with E-state index < -0.39 is 0 Å². The van der Waals surface area contributed by atoms with Crippen LogP contribution in [0.2, 0.25) is 0 Å². The zero-order valence-electron chi connectivity index (χ0n) is 1.73. The van der Waals surface area contributed by atoms with E-state index in [1.54, 1.807) is 0 Å². The number of rotatable bonds is 0. The summed E-state index contributed by atoms with van der Waals surface area (Å²) in [6.45, 7) is 0. The molecule has 0 bridgehead atoms. The van der Waals surface area contributed by atoms with Gasteiger partial charge in [-0.05, 0) is 0 Å². The average Bonchev–Trinajstić information content (AvgIpc) is 0. The van der Waals surface area contributed by atoms with Gasteiger partial charge in [0.1, 0.15) is 0 Å². The van der Waals surface area contributed by atoms with Crippen molar-refractivity contribution in [3.63, 3.8) is 0 Å². The zero-order chi connectivity index (χ0) is 0. The molecule has 0 aromatic rings. The minimum atomic E-state index is 0. The molecule has 0 saturated heterocycles. The second-order valence-electron chi connectivity index (χ2n) is 0. The average molecular weight is 285 g/mol. The Labute approximate surface area is 76.6 Å². The third-order valence-corrected chi connectivity index (χ3v) is 0. The quantitative estimate of drug-likeness (QED) is 0.549. The maximum Gasteiger partial charge on any atom is 0 e. The van der Waals surface area contributed by atoms with Gasteiger partial charge in [-0.2, -0.15) is 0 Å². The first-order valence-corrected chi connectivity index (χ1v) is 0. The van der Waals surface area contributed by atoms with Crippen LogP contribution in [0, 0.1) is 0 Å². The van der Waals surface area contributed by atoms with Crippen LogP contribution in [0.1, 0.15) is 0 Å². The van der Waals surface area contributed by atoms with Crippen molar-refractivity contribution in [2.24, 2.45) is 0 Å². The van der Waals surface area contributed by atoms with E-state index in [-0.39, 0.29) is 77.6 Å². The maximum atomic E-state index is 0. The summed E-state index contributed by atoms with van der Waals surface area (Å²) in [6.07, 6.45) is 0. The molecule has 0 N–H and O–H groups in total. The Balaban J connectivity index is 0. The third-order valence-electron chi connectivity index (χ3n) is 0. The van der Waals surface area contributed by atoms with Crippen LogP contribution in [0.4, 0.5) is 0 Å². The molecule has 0 spiro atoms. The molecule has 0 aliphatic rings. The van der Waals surface area contributed by atoms with Crippen molar-refractivity contribution in [1.29, 1.82) is 0 Å². The molecule has 4 heavy (non-hydrogen) atoms. The van der Waals surface area contributed by atoms with Crippen LogP contribution in [-0.4, -0.2) is 0 Å². The van der Waals surface area contributed by atoms with E-state index in [9.17, 15) is 0 Å². The van der Waals surface area contributed by atoms with Crippen LogP contribution in [-0.2, 0) is 77.6 Å². The Morgan fingerprint density at radius 1 is 1.00 bits per heavy atom. The Kier molecular flexibility index (Phi) is 144. The van der Waals surface area contributed by atoms with Gasteiger partial charge in [-0.1, -0.05) is 0 Å². The van der Waals surface area contributed by atoms with Gasteiger partial charge in [0, 0.05) is 77.6 Å². The molecule has 0 aromatic heterocycles. The fourth-order valence-corrected chi connectivity index (χ4v) is 0. The first-order valence-electron chi connectivity index (χ1n) is 0. The summed E-state index contributed by atoms with van der Waals surface area (Å²) in [6, 6.07) is 0. The monoisotopic (exact) mass is 286 g/mol. The molecule has 0 amide bonds. The standard InChI is InChI=1S/Cd.Co.Mn.Ni. The first-order chi connectivity index (χ1) is 0. The molecule has 0 fully saturated rings. The topological polar surface area (TPSA) is 0 Å². The van der Waals surface area contributed by atoms with E-state index in [4.69, 9.17) is 0 Å². The van der Waals surface area contributed by atoms with Crippen LogP contribution >= 0.6 is 0 Å². The van der Waals surface area contributed by atoms with Gasteiger partial charge in [0.15, 0.2) is 0 Å². The predicted octanol–water partition coefficient (Wildman–Crippen LogP) is -0.0100. The predicted molar refractivity (Wildman–Crippen MR) is 0 cm³/mol. The van der Waals surface area contributed by atoms with Crippen LogP contribution in [0.15, 0.2) is 0 Å². The normalized spacial score (nSPS) is 0. The minimum absolute atomic E-state index is 0. The van der Waals surface area contributed by atoms with E-state index >= 15 is 0 Å². The fourth-order valence-electron chi connectivity index (χ4n) is 0. The second-order valence-corrected chi connectivity index (χ2v) is 0. The van der Waals surface area contributed by atoms with E-state index in [1.807, 2.05) is 0 Å². The van der Waals surface area contributed by atoms with Crippen LogP contribution in [0.25, 0.3) is 0 Å². The van der Waals surface area contributed by atoms with E-state index in [0.717, 1.165) is 0 Å². The van der Waals surface area contributed by atoms with Gasteiger partial charge in [-0.15, -0.1) is 0 Å². The summed E-state index contributed by atoms with van der Waals surface area (Å²) in [5, 5.41) is 0. The Morgan fingerprint density at radius 3 is 1.00 bits per heavy atom. The summed E-state index contributed by atoms with van der Waals surface area (Å²) in [5.41, 5.74) is 0. The minimum Gasteiger partial charge on any atom is 0 e. The van der Waals surface area contributed by atoms with E-state index in [2.05, 4.69) is 0 Å². The van der Waals surface area contributed by atoms with E-state index in [0.29, 0.717) is 0 Å². The summed E-state index contributed by atoms with van der Waals surface area (Å²) in [5.74, 6) is 0. The van der Waals surface area contributed by atoms with Crippen molar-refractivity contribution in [2.75, 3.05) is 0 Å². The molecular formula is CdCoMnNi. The summed E-state index contributed by atoms with van der Waals surface area (Å²) >= 11 is 0. The van der Waals surface area contributed by atoms with Crippen molar-refractivity contribution in [1.82, 2.24) is 0 Å². The molecular weight excluding hydrogens is 285 g/mol. The van der Waals surface area contributed by atoms with Crippen molar-refractivity contribution < 1.29 is 77.6 Å². The van der Waals surface area contributed by atoms with Crippen molar-refractivity contribution in [2.45, 2.75) is 0 Å². The molecule has 2 radical (unpaired) electrons. The smallest absolute Gasteiger partial charge is 0 e. The van der Waals surface area contributed by atoms with Gasteiger partial charge in [0.05, 0.1) is 0 Å². The Hall–Kier alpha value is 2.44. The third kappa shape index (κ3) is 8.82. The summed E-state index contributed by atoms with van der Waals surface area (Å²) < 4.78 is 0. The van der Waals surface area contributed by atoms with Gasteiger partial charge in [0.2, 0.25) is 0 Å². The maximum absolute atomic E-state index is 0. The zero-order valence-corrected chi connectivity index (χ0v) is 8.98. The van der Waals surface area contributed by atoms with Crippen molar-refractivity contribution in [3.8, 4) is 0 Å². The van der Waals surface area contributed by atoms with Gasteiger partial charge in [-0.3, -0.25) is 0 Å². The van der Waals surface area contributed by atoms with Gasteiger partial charge in [-0.25, -0.2) is 0 Å². The molecule has 0 rings (SSSR count). The van der Waals surface area contributed by atoms with Gasteiger partial charge in [0.25, 0.3) is 0 Å². The molecule has 0 unspecified atom stereocenters. The Bertz CT molecular complexity index is 8.00. The molecule has 0 aliphatic carbocycles. The molecule has 0 aromatic carbocycles. The number of hydrogen-bond donors (Lipinski definition) is 0. The first kappa shape index (κ1) is 32.0. The van der Waals surface area contributed by atoms with Crippen LogP contribution in [0.5, 0.6) is 0 Å². The van der Waals surface area contributed by atoms with Crippen LogP contribution < -0.4 is 0 Å². The summed E-state index contributed by atoms with van der Waals surface area (Å²) in [4.78, 5) is 0. The molecule has 28 valence electrons. The molecule has 0 atom stereocenters. The van der Waals surface area contributed by atoms with Crippen LogP contribution in [0.3, 0.4) is 0 Å².